The number of nitrogens with zero attached hydrogens (tertiary/aromatic N) is 1. The molecule has 3 aromatic rings. The summed E-state index contributed by atoms with van der Waals surface area (Å²) in [7, 11) is 0. The van der Waals surface area contributed by atoms with Crippen LogP contribution in [0.5, 0.6) is 5.75 Å². The summed E-state index contributed by atoms with van der Waals surface area (Å²) in [6, 6.07) is 18.1. The first-order chi connectivity index (χ1) is 10.2. The summed E-state index contributed by atoms with van der Waals surface area (Å²) in [5.74, 6) is 0.332. The Morgan fingerprint density at radius 3 is 2.33 bits per heavy atom. The van der Waals surface area contributed by atoms with E-state index in [1.165, 1.54) is 0 Å². The van der Waals surface area contributed by atoms with Gasteiger partial charge in [-0.25, -0.2) is 0 Å². The van der Waals surface area contributed by atoms with Crippen molar-refractivity contribution in [1.29, 1.82) is 0 Å². The molecule has 1 heterocycles. The summed E-state index contributed by atoms with van der Waals surface area (Å²) in [6.45, 7) is 4.10. The van der Waals surface area contributed by atoms with Crippen LogP contribution in [0.1, 0.15) is 24.3 Å². The number of hydrogen-bond donors (Lipinski definition) is 1. The summed E-state index contributed by atoms with van der Waals surface area (Å²) in [6.07, 6.45) is 0. The van der Waals surface area contributed by atoms with Crippen molar-refractivity contribution in [1.82, 2.24) is 0 Å². The van der Waals surface area contributed by atoms with E-state index in [2.05, 4.69) is 0 Å². The Morgan fingerprint density at radius 1 is 1.00 bits per heavy atom. The van der Waals surface area contributed by atoms with Crippen LogP contribution in [-0.4, -0.2) is 16.9 Å². The Morgan fingerprint density at radius 2 is 1.67 bits per heavy atom. The van der Waals surface area contributed by atoms with Gasteiger partial charge in [-0.2, -0.15) is 0 Å². The van der Waals surface area contributed by atoms with Gasteiger partial charge in [-0.1, -0.05) is 42.5 Å². The minimum atomic E-state index is 0.171. The predicted molar refractivity (Wildman–Crippen MR) is 90.7 cm³/mol. The smallest absolute Gasteiger partial charge is 0.143 e. The van der Waals surface area contributed by atoms with Crippen molar-refractivity contribution in [2.24, 2.45) is 4.99 Å². The van der Waals surface area contributed by atoms with Gasteiger partial charge in [0.05, 0.1) is 10.6 Å². The van der Waals surface area contributed by atoms with E-state index in [-0.39, 0.29) is 6.04 Å². The quantitative estimate of drug-likeness (QED) is 0.688. The van der Waals surface area contributed by atoms with E-state index in [1.54, 1.807) is 11.3 Å². The van der Waals surface area contributed by atoms with Gasteiger partial charge in [-0.15, -0.1) is 11.3 Å². The third kappa shape index (κ3) is 2.69. The molecule has 3 heteroatoms. The monoisotopic (exact) mass is 295 g/mol. The maximum Gasteiger partial charge on any atom is 0.143 e. The van der Waals surface area contributed by atoms with Gasteiger partial charge in [-0.05, 0) is 26.0 Å². The lowest BCUT2D eigenvalue weighted by Crippen LogP contribution is -2.05. The lowest BCUT2D eigenvalue weighted by Gasteiger charge is -2.08. The van der Waals surface area contributed by atoms with Gasteiger partial charge in [-0.3, -0.25) is 4.99 Å². The first kappa shape index (κ1) is 13.8. The number of aliphatic imine (C=N–C) groups is 1. The van der Waals surface area contributed by atoms with E-state index >= 15 is 0 Å². The average Bonchev–Trinajstić information content (AvgIpc) is 2.83. The number of benzene rings is 2. The molecule has 0 bridgehead atoms. The van der Waals surface area contributed by atoms with Gasteiger partial charge >= 0.3 is 0 Å². The van der Waals surface area contributed by atoms with E-state index in [4.69, 9.17) is 4.99 Å². The maximum absolute atomic E-state index is 10.6. The normalized spacial score (nSPS) is 12.2. The van der Waals surface area contributed by atoms with E-state index in [9.17, 15) is 5.11 Å². The molecule has 0 unspecified atom stereocenters. The van der Waals surface area contributed by atoms with Gasteiger partial charge in [0, 0.05) is 21.7 Å². The zero-order valence-electron chi connectivity index (χ0n) is 12.1. The highest BCUT2D eigenvalue weighted by Gasteiger charge is 2.17. The van der Waals surface area contributed by atoms with Gasteiger partial charge < -0.3 is 5.11 Å². The van der Waals surface area contributed by atoms with Crippen LogP contribution in [0.4, 0.5) is 0 Å². The first-order valence-electron chi connectivity index (χ1n) is 7.01. The SMILES string of the molecule is CC(C)N=C(c1ccccc1)c1sc2ccccc2c1O. The second-order valence-electron chi connectivity index (χ2n) is 5.21. The van der Waals surface area contributed by atoms with E-state index in [1.807, 2.05) is 68.4 Å². The van der Waals surface area contributed by atoms with Crippen LogP contribution in [0.25, 0.3) is 10.1 Å². The van der Waals surface area contributed by atoms with Crippen LogP contribution in [0.15, 0.2) is 59.6 Å². The highest BCUT2D eigenvalue weighted by molar-refractivity contribution is 7.21. The van der Waals surface area contributed by atoms with Crippen molar-refractivity contribution in [3.63, 3.8) is 0 Å². The Hall–Kier alpha value is -2.13. The molecule has 0 radical (unpaired) electrons. The van der Waals surface area contributed by atoms with E-state index in [0.717, 1.165) is 26.2 Å². The summed E-state index contributed by atoms with van der Waals surface area (Å²) in [5.41, 5.74) is 1.90. The van der Waals surface area contributed by atoms with Crippen molar-refractivity contribution in [2.45, 2.75) is 19.9 Å². The topological polar surface area (TPSA) is 32.6 Å². The molecule has 106 valence electrons. The minimum absolute atomic E-state index is 0.171. The fourth-order valence-corrected chi connectivity index (χ4v) is 3.43. The molecule has 1 aromatic heterocycles. The molecule has 3 rings (SSSR count). The second kappa shape index (κ2) is 5.70. The number of rotatable bonds is 3. The third-order valence-electron chi connectivity index (χ3n) is 3.22. The van der Waals surface area contributed by atoms with Crippen molar-refractivity contribution >= 4 is 27.1 Å². The zero-order valence-corrected chi connectivity index (χ0v) is 12.9. The van der Waals surface area contributed by atoms with Crippen molar-refractivity contribution in [2.75, 3.05) is 0 Å². The Bertz CT molecular complexity index is 787. The van der Waals surface area contributed by atoms with Gasteiger partial charge in [0.1, 0.15) is 5.75 Å². The molecular weight excluding hydrogens is 278 g/mol. The molecular formula is C18H17NOS. The lowest BCUT2D eigenvalue weighted by atomic mass is 10.1. The number of fused-ring (bicyclic) bond motifs is 1. The second-order valence-corrected chi connectivity index (χ2v) is 6.27. The van der Waals surface area contributed by atoms with Crippen LogP contribution in [-0.2, 0) is 0 Å². The predicted octanol–water partition coefficient (Wildman–Crippen LogP) is 4.85. The lowest BCUT2D eigenvalue weighted by molar-refractivity contribution is 0.482. The van der Waals surface area contributed by atoms with Crippen LogP contribution in [0.3, 0.4) is 0 Å². The molecule has 0 saturated carbocycles. The van der Waals surface area contributed by atoms with Crippen molar-refractivity contribution < 1.29 is 5.11 Å². The van der Waals surface area contributed by atoms with Gasteiger partial charge in [0.2, 0.25) is 0 Å². The zero-order chi connectivity index (χ0) is 14.8. The number of hydrogen-bond acceptors (Lipinski definition) is 3. The van der Waals surface area contributed by atoms with E-state index < -0.39 is 0 Å². The standard InChI is InChI=1S/C18H17NOS/c1-12(2)19-16(13-8-4-3-5-9-13)18-17(20)14-10-6-7-11-15(14)21-18/h3-12,20H,1-2H3. The maximum atomic E-state index is 10.6. The summed E-state index contributed by atoms with van der Waals surface area (Å²) < 4.78 is 1.08. The van der Waals surface area contributed by atoms with Crippen LogP contribution in [0, 0.1) is 0 Å². The van der Waals surface area contributed by atoms with Crippen LogP contribution < -0.4 is 0 Å². The Kier molecular flexibility index (Phi) is 3.76. The molecule has 0 aliphatic rings. The molecule has 1 N–H and O–H groups in total. The van der Waals surface area contributed by atoms with Gasteiger partial charge in [0.25, 0.3) is 0 Å². The van der Waals surface area contributed by atoms with Crippen molar-refractivity contribution in [3.05, 3.63) is 65.0 Å². The summed E-state index contributed by atoms with van der Waals surface area (Å²) in [5, 5.41) is 11.5. The third-order valence-corrected chi connectivity index (χ3v) is 4.39. The van der Waals surface area contributed by atoms with Crippen LogP contribution in [0.2, 0.25) is 0 Å². The summed E-state index contributed by atoms with van der Waals surface area (Å²) >= 11 is 1.59. The van der Waals surface area contributed by atoms with Gasteiger partial charge in [0.15, 0.2) is 0 Å². The molecule has 0 amide bonds. The highest BCUT2D eigenvalue weighted by atomic mass is 32.1. The van der Waals surface area contributed by atoms with E-state index in [0.29, 0.717) is 5.75 Å². The summed E-state index contributed by atoms with van der Waals surface area (Å²) in [4.78, 5) is 5.58. The molecule has 0 saturated heterocycles. The molecule has 2 aromatic carbocycles. The van der Waals surface area contributed by atoms with Crippen molar-refractivity contribution in [3.8, 4) is 5.75 Å². The average molecular weight is 295 g/mol. The Labute approximate surface area is 128 Å². The molecule has 0 fully saturated rings. The minimum Gasteiger partial charge on any atom is -0.506 e. The number of aromatic hydroxyl groups is 1. The highest BCUT2D eigenvalue weighted by Crippen LogP contribution is 2.38. The molecule has 0 spiro atoms. The molecule has 0 atom stereocenters. The Balaban J connectivity index is 2.22. The molecule has 0 aliphatic carbocycles. The first-order valence-corrected chi connectivity index (χ1v) is 7.82. The fraction of sp³-hybridized carbons (Fsp3) is 0.167. The largest absolute Gasteiger partial charge is 0.506 e. The molecule has 21 heavy (non-hydrogen) atoms. The fourth-order valence-electron chi connectivity index (χ4n) is 2.31. The molecule has 2 nitrogen and oxygen atoms in total. The molecule has 0 aliphatic heterocycles. The number of thiophene rings is 1. The van der Waals surface area contributed by atoms with Crippen LogP contribution >= 0.6 is 11.3 Å².